The summed E-state index contributed by atoms with van der Waals surface area (Å²) in [5.74, 6) is 2.33. The zero-order chi connectivity index (χ0) is 18.5. The van der Waals surface area contributed by atoms with Gasteiger partial charge in [-0.1, -0.05) is 40.5 Å². The highest BCUT2D eigenvalue weighted by Crippen LogP contribution is 2.37. The second-order valence-corrected chi connectivity index (χ2v) is 10.1. The van der Waals surface area contributed by atoms with Crippen LogP contribution in [0.2, 0.25) is 0 Å². The first-order valence-corrected chi connectivity index (χ1v) is 10.8. The summed E-state index contributed by atoms with van der Waals surface area (Å²) in [5, 5.41) is 0. The normalized spacial score (nSPS) is 23.5. The van der Waals surface area contributed by atoms with Crippen LogP contribution in [-0.2, 0) is 19.1 Å². The van der Waals surface area contributed by atoms with Gasteiger partial charge in [-0.05, 0) is 37.2 Å². The molecule has 0 saturated carbocycles. The molecule has 0 N–H and O–H groups in total. The zero-order valence-electron chi connectivity index (χ0n) is 16.3. The van der Waals surface area contributed by atoms with E-state index in [4.69, 9.17) is 9.47 Å². The lowest BCUT2D eigenvalue weighted by Gasteiger charge is -2.39. The number of hydrogen-bond donors (Lipinski definition) is 0. The predicted molar refractivity (Wildman–Crippen MR) is 102 cm³/mol. The van der Waals surface area contributed by atoms with E-state index in [0.29, 0.717) is 12.8 Å². The number of thioether (sulfide) groups is 1. The highest BCUT2D eigenvalue weighted by molar-refractivity contribution is 7.99. The summed E-state index contributed by atoms with van der Waals surface area (Å²) in [6.45, 7) is 8.83. The molecule has 0 spiro atoms. The van der Waals surface area contributed by atoms with Crippen molar-refractivity contribution in [3.05, 3.63) is 0 Å². The van der Waals surface area contributed by atoms with Gasteiger partial charge in [0.15, 0.2) is 0 Å². The van der Waals surface area contributed by atoms with Crippen molar-refractivity contribution in [1.82, 2.24) is 0 Å². The minimum atomic E-state index is -0.0488. The van der Waals surface area contributed by atoms with E-state index in [2.05, 4.69) is 27.7 Å². The van der Waals surface area contributed by atoms with Crippen molar-refractivity contribution in [2.75, 3.05) is 11.5 Å². The minimum absolute atomic E-state index is 0.0488. The van der Waals surface area contributed by atoms with Crippen LogP contribution >= 0.6 is 11.8 Å². The van der Waals surface area contributed by atoms with Gasteiger partial charge < -0.3 is 9.47 Å². The molecule has 0 bridgehead atoms. The van der Waals surface area contributed by atoms with Gasteiger partial charge in [0.25, 0.3) is 0 Å². The van der Waals surface area contributed by atoms with Gasteiger partial charge in [0.2, 0.25) is 0 Å². The standard InChI is InChI=1S/C20H34O4S/c1-19(2,15-13-17(21)23-15)9-5-7-11-25-12-8-6-10-20(3,4)16-14-18(22)24-16/h15-16H,5-14H2,1-4H3. The predicted octanol–water partition coefficient (Wildman–Crippen LogP) is 4.74. The van der Waals surface area contributed by atoms with Crippen molar-refractivity contribution in [2.24, 2.45) is 10.8 Å². The van der Waals surface area contributed by atoms with E-state index in [1.54, 1.807) is 0 Å². The molecule has 0 aliphatic carbocycles. The third-order valence-corrected chi connectivity index (χ3v) is 6.87. The van der Waals surface area contributed by atoms with E-state index in [1.807, 2.05) is 11.8 Å². The van der Waals surface area contributed by atoms with E-state index in [1.165, 1.54) is 37.2 Å². The Hall–Kier alpha value is -0.710. The molecule has 2 fully saturated rings. The largest absolute Gasteiger partial charge is 0.461 e. The van der Waals surface area contributed by atoms with E-state index >= 15 is 0 Å². The van der Waals surface area contributed by atoms with Crippen LogP contribution in [0.25, 0.3) is 0 Å². The Morgan fingerprint density at radius 1 is 0.800 bits per heavy atom. The summed E-state index contributed by atoms with van der Waals surface area (Å²) in [7, 11) is 0. The summed E-state index contributed by atoms with van der Waals surface area (Å²) in [6, 6.07) is 0. The Balaban J connectivity index is 1.42. The van der Waals surface area contributed by atoms with Crippen LogP contribution in [0.3, 0.4) is 0 Å². The van der Waals surface area contributed by atoms with Crippen LogP contribution < -0.4 is 0 Å². The summed E-state index contributed by atoms with van der Waals surface area (Å²) in [4.78, 5) is 21.9. The molecule has 2 atom stereocenters. The molecule has 4 nitrogen and oxygen atoms in total. The number of cyclic esters (lactones) is 2. The molecule has 144 valence electrons. The summed E-state index contributed by atoms with van der Waals surface area (Å²) >= 11 is 2.04. The second-order valence-electron chi connectivity index (χ2n) is 8.87. The summed E-state index contributed by atoms with van der Waals surface area (Å²) < 4.78 is 10.4. The summed E-state index contributed by atoms with van der Waals surface area (Å²) in [6.07, 6.45) is 8.58. The topological polar surface area (TPSA) is 52.6 Å². The SMILES string of the molecule is CC(C)(CCCCSCCCCC(C)(C)C1CC(=O)O1)C1CC(=O)O1. The molecule has 2 aliphatic rings. The quantitative estimate of drug-likeness (QED) is 0.367. The Labute approximate surface area is 156 Å². The number of ether oxygens (including phenoxy) is 2. The average molecular weight is 371 g/mol. The highest BCUT2D eigenvalue weighted by Gasteiger charge is 2.41. The molecule has 0 radical (unpaired) electrons. The number of unbranched alkanes of at least 4 members (excludes halogenated alkanes) is 2. The van der Waals surface area contributed by atoms with Gasteiger partial charge in [-0.15, -0.1) is 0 Å². The first kappa shape index (κ1) is 20.6. The lowest BCUT2D eigenvalue weighted by Crippen LogP contribution is -2.44. The van der Waals surface area contributed by atoms with E-state index in [-0.39, 0.29) is 35.0 Å². The fraction of sp³-hybridized carbons (Fsp3) is 0.900. The van der Waals surface area contributed by atoms with Crippen molar-refractivity contribution in [1.29, 1.82) is 0 Å². The Kier molecular flexibility index (Phi) is 7.24. The van der Waals surface area contributed by atoms with Gasteiger partial charge in [0.05, 0.1) is 12.8 Å². The van der Waals surface area contributed by atoms with Gasteiger partial charge in [0.1, 0.15) is 12.2 Å². The van der Waals surface area contributed by atoms with E-state index in [0.717, 1.165) is 12.8 Å². The second kappa shape index (κ2) is 8.79. The maximum atomic E-state index is 10.9. The molecule has 0 amide bonds. The lowest BCUT2D eigenvalue weighted by atomic mass is 9.78. The number of hydrogen-bond acceptors (Lipinski definition) is 5. The fourth-order valence-corrected chi connectivity index (χ4v) is 4.49. The molecular weight excluding hydrogens is 336 g/mol. The molecule has 2 rings (SSSR count). The van der Waals surface area contributed by atoms with Crippen molar-refractivity contribution in [3.8, 4) is 0 Å². The van der Waals surface area contributed by atoms with Crippen molar-refractivity contribution >= 4 is 23.7 Å². The van der Waals surface area contributed by atoms with Crippen LogP contribution in [-0.4, -0.2) is 35.7 Å². The number of esters is 2. The van der Waals surface area contributed by atoms with Gasteiger partial charge in [0, 0.05) is 10.8 Å². The highest BCUT2D eigenvalue weighted by atomic mass is 32.2. The monoisotopic (exact) mass is 370 g/mol. The van der Waals surface area contributed by atoms with Crippen LogP contribution in [0.1, 0.15) is 79.1 Å². The fourth-order valence-electron chi connectivity index (χ4n) is 3.47. The Morgan fingerprint density at radius 3 is 1.48 bits per heavy atom. The molecule has 0 aromatic rings. The lowest BCUT2D eigenvalue weighted by molar-refractivity contribution is -0.182. The molecular formula is C20H34O4S. The van der Waals surface area contributed by atoms with Gasteiger partial charge >= 0.3 is 11.9 Å². The van der Waals surface area contributed by atoms with Gasteiger partial charge in [-0.25, -0.2) is 0 Å². The smallest absolute Gasteiger partial charge is 0.309 e. The van der Waals surface area contributed by atoms with Gasteiger partial charge in [-0.2, -0.15) is 11.8 Å². The first-order chi connectivity index (χ1) is 11.7. The maximum absolute atomic E-state index is 10.9. The first-order valence-electron chi connectivity index (χ1n) is 9.67. The molecule has 25 heavy (non-hydrogen) atoms. The van der Waals surface area contributed by atoms with Crippen LogP contribution in [0, 0.1) is 10.8 Å². The molecule has 0 aromatic heterocycles. The van der Waals surface area contributed by atoms with Crippen molar-refractivity contribution in [3.63, 3.8) is 0 Å². The van der Waals surface area contributed by atoms with Gasteiger partial charge in [-0.3, -0.25) is 9.59 Å². The zero-order valence-corrected chi connectivity index (χ0v) is 17.1. The third kappa shape index (κ3) is 6.19. The van der Waals surface area contributed by atoms with Crippen molar-refractivity contribution < 1.29 is 19.1 Å². The van der Waals surface area contributed by atoms with E-state index < -0.39 is 0 Å². The molecule has 2 unspecified atom stereocenters. The van der Waals surface area contributed by atoms with E-state index in [9.17, 15) is 9.59 Å². The molecule has 2 saturated heterocycles. The molecule has 2 heterocycles. The van der Waals surface area contributed by atoms with Crippen LogP contribution in [0.4, 0.5) is 0 Å². The molecule has 2 aliphatic heterocycles. The average Bonchev–Trinajstić information content (AvgIpc) is 2.46. The Morgan fingerprint density at radius 2 is 1.16 bits per heavy atom. The van der Waals surface area contributed by atoms with Crippen molar-refractivity contribution in [2.45, 2.75) is 91.3 Å². The summed E-state index contributed by atoms with van der Waals surface area (Å²) in [5.41, 5.74) is 0.240. The Bertz CT molecular complexity index is 414. The molecule has 0 aromatic carbocycles. The third-order valence-electron chi connectivity index (χ3n) is 5.71. The van der Waals surface area contributed by atoms with Crippen LogP contribution in [0.15, 0.2) is 0 Å². The minimum Gasteiger partial charge on any atom is -0.461 e. The maximum Gasteiger partial charge on any atom is 0.309 e. The van der Waals surface area contributed by atoms with Crippen LogP contribution in [0.5, 0.6) is 0 Å². The number of rotatable bonds is 12. The number of carbonyl (C=O) groups is 2. The molecule has 5 heteroatoms. The number of carbonyl (C=O) groups excluding carboxylic acids is 2.